The number of carbonyl (C=O) groups excluding carboxylic acids is 1. The number of rotatable bonds is 10. The van der Waals surface area contributed by atoms with Gasteiger partial charge in [-0.25, -0.2) is 4.79 Å². The Balaban J connectivity index is 1.76. The molecule has 0 fully saturated rings. The molecule has 182 valence electrons. The molecule has 3 rings (SSSR count). The molecule has 0 aliphatic heterocycles. The minimum absolute atomic E-state index is 0.241. The molecular weight excluding hydrogens is 442 g/mol. The number of aryl methyl sites for hydroxylation is 1. The van der Waals surface area contributed by atoms with Crippen LogP contribution in [0.4, 0.5) is 0 Å². The number of nitrogens with zero attached hydrogens (tertiary/aromatic N) is 1. The fourth-order valence-corrected chi connectivity index (χ4v) is 3.51. The molecule has 0 aromatic heterocycles. The van der Waals surface area contributed by atoms with E-state index in [-0.39, 0.29) is 6.61 Å². The third-order valence-corrected chi connectivity index (χ3v) is 5.52. The van der Waals surface area contributed by atoms with E-state index < -0.39 is 5.97 Å². The van der Waals surface area contributed by atoms with Gasteiger partial charge in [0.05, 0.1) is 25.5 Å². The number of hydrogen-bond donors (Lipinski definition) is 0. The zero-order valence-electron chi connectivity index (χ0n) is 20.8. The number of carbonyl (C=O) groups is 1. The van der Waals surface area contributed by atoms with Crippen LogP contribution in [0.1, 0.15) is 41.7 Å². The molecule has 0 aliphatic rings. The molecule has 0 saturated carbocycles. The first-order valence-corrected chi connectivity index (χ1v) is 11.3. The van der Waals surface area contributed by atoms with Crippen LogP contribution in [0.15, 0.2) is 78.0 Å². The third-order valence-electron chi connectivity index (χ3n) is 5.52. The first-order chi connectivity index (χ1) is 17.0. The summed E-state index contributed by atoms with van der Waals surface area (Å²) in [5.41, 5.74) is 5.92. The van der Waals surface area contributed by atoms with Crippen molar-refractivity contribution < 1.29 is 23.8 Å². The van der Waals surface area contributed by atoms with Gasteiger partial charge in [0, 0.05) is 5.56 Å². The number of hydrogen-bond acceptors (Lipinski definition) is 6. The lowest BCUT2D eigenvalue weighted by atomic mass is 10.00. The maximum Gasteiger partial charge on any atom is 0.338 e. The molecule has 0 amide bonds. The maximum atomic E-state index is 12.2. The van der Waals surface area contributed by atoms with Gasteiger partial charge in [0.1, 0.15) is 13.2 Å². The standard InChI is InChI=1S/C29H31NO5/c1-6-25(29(31)33-5)26-10-8-7-9-24(26)19-34-28-17-23(15-16-27(28)32-4)21(3)30-35-18-22-13-11-20(2)12-14-22/h6-17H,18-19H2,1-5H3/b25-6?,30-21-. The largest absolute Gasteiger partial charge is 0.493 e. The van der Waals surface area contributed by atoms with Crippen molar-refractivity contribution in [3.8, 4) is 11.5 Å². The second kappa shape index (κ2) is 12.4. The van der Waals surface area contributed by atoms with Crippen LogP contribution >= 0.6 is 0 Å². The summed E-state index contributed by atoms with van der Waals surface area (Å²) in [7, 11) is 2.96. The van der Waals surface area contributed by atoms with E-state index in [1.807, 2.05) is 80.6 Å². The number of methoxy groups -OCH3 is 2. The molecule has 0 aliphatic carbocycles. The van der Waals surface area contributed by atoms with Gasteiger partial charge in [-0.05, 0) is 55.7 Å². The van der Waals surface area contributed by atoms with Crippen molar-refractivity contribution in [2.45, 2.75) is 34.0 Å². The zero-order valence-corrected chi connectivity index (χ0v) is 20.8. The van der Waals surface area contributed by atoms with E-state index in [0.717, 1.165) is 22.3 Å². The minimum atomic E-state index is -0.392. The van der Waals surface area contributed by atoms with Crippen molar-refractivity contribution in [3.05, 3.63) is 101 Å². The van der Waals surface area contributed by atoms with Crippen LogP contribution in [0, 0.1) is 6.92 Å². The molecule has 0 N–H and O–H groups in total. The van der Waals surface area contributed by atoms with E-state index in [0.29, 0.717) is 29.4 Å². The van der Waals surface area contributed by atoms with Crippen molar-refractivity contribution in [2.75, 3.05) is 14.2 Å². The predicted octanol–water partition coefficient (Wildman–Crippen LogP) is 6.10. The Hall–Kier alpha value is -4.06. The molecule has 3 aromatic rings. The summed E-state index contributed by atoms with van der Waals surface area (Å²) in [6, 6.07) is 21.3. The normalized spacial score (nSPS) is 11.7. The van der Waals surface area contributed by atoms with Gasteiger partial charge in [0.15, 0.2) is 11.5 Å². The Kier molecular flexibility index (Phi) is 9.07. The Bertz CT molecular complexity index is 1210. The Morgan fingerprint density at radius 1 is 0.943 bits per heavy atom. The molecule has 0 radical (unpaired) electrons. The van der Waals surface area contributed by atoms with Crippen LogP contribution in [-0.4, -0.2) is 25.9 Å². The lowest BCUT2D eigenvalue weighted by Gasteiger charge is -2.15. The van der Waals surface area contributed by atoms with E-state index in [4.69, 9.17) is 19.0 Å². The van der Waals surface area contributed by atoms with Gasteiger partial charge >= 0.3 is 5.97 Å². The SMILES string of the molecule is CC=C(C(=O)OC)c1ccccc1COc1cc(/C(C)=N\OCc2ccc(C)cc2)ccc1OC. The van der Waals surface area contributed by atoms with Crippen LogP contribution in [-0.2, 0) is 27.6 Å². The predicted molar refractivity (Wildman–Crippen MR) is 138 cm³/mol. The first kappa shape index (κ1) is 25.6. The highest BCUT2D eigenvalue weighted by atomic mass is 16.6. The average Bonchev–Trinajstić information content (AvgIpc) is 2.89. The van der Waals surface area contributed by atoms with Gasteiger partial charge in [-0.3, -0.25) is 0 Å². The summed E-state index contributed by atoms with van der Waals surface area (Å²) in [5.74, 6) is 0.767. The van der Waals surface area contributed by atoms with Gasteiger partial charge in [-0.1, -0.05) is 65.3 Å². The van der Waals surface area contributed by atoms with Crippen molar-refractivity contribution in [1.29, 1.82) is 0 Å². The van der Waals surface area contributed by atoms with Crippen LogP contribution in [0.3, 0.4) is 0 Å². The first-order valence-electron chi connectivity index (χ1n) is 11.3. The lowest BCUT2D eigenvalue weighted by molar-refractivity contribution is -0.133. The maximum absolute atomic E-state index is 12.2. The number of ether oxygens (including phenoxy) is 3. The minimum Gasteiger partial charge on any atom is -0.493 e. The molecule has 0 spiro atoms. The summed E-state index contributed by atoms with van der Waals surface area (Å²) in [4.78, 5) is 17.8. The smallest absolute Gasteiger partial charge is 0.338 e. The second-order valence-corrected chi connectivity index (χ2v) is 7.94. The Labute approximate surface area is 206 Å². The number of oxime groups is 1. The molecule has 3 aromatic carbocycles. The molecule has 0 atom stereocenters. The van der Waals surface area contributed by atoms with E-state index in [1.165, 1.54) is 12.7 Å². The van der Waals surface area contributed by atoms with Crippen LogP contribution in [0.2, 0.25) is 0 Å². The molecular formula is C29H31NO5. The van der Waals surface area contributed by atoms with Gasteiger partial charge < -0.3 is 19.0 Å². The monoisotopic (exact) mass is 473 g/mol. The van der Waals surface area contributed by atoms with Gasteiger partial charge in [-0.2, -0.15) is 0 Å². The van der Waals surface area contributed by atoms with E-state index >= 15 is 0 Å². The molecule has 0 saturated heterocycles. The fraction of sp³-hybridized carbons (Fsp3) is 0.241. The topological polar surface area (TPSA) is 66.4 Å². The summed E-state index contributed by atoms with van der Waals surface area (Å²) < 4.78 is 16.6. The molecule has 6 nitrogen and oxygen atoms in total. The van der Waals surface area contributed by atoms with E-state index in [2.05, 4.69) is 5.16 Å². The fourth-order valence-electron chi connectivity index (χ4n) is 3.51. The highest BCUT2D eigenvalue weighted by molar-refractivity contribution is 6.16. The van der Waals surface area contributed by atoms with Gasteiger partial charge in [0.25, 0.3) is 0 Å². The van der Waals surface area contributed by atoms with Gasteiger partial charge in [-0.15, -0.1) is 0 Å². The van der Waals surface area contributed by atoms with Crippen LogP contribution in [0.5, 0.6) is 11.5 Å². The number of esters is 1. The quantitative estimate of drug-likeness (QED) is 0.154. The van der Waals surface area contributed by atoms with Crippen molar-refractivity contribution in [3.63, 3.8) is 0 Å². The average molecular weight is 474 g/mol. The Morgan fingerprint density at radius 3 is 2.37 bits per heavy atom. The lowest BCUT2D eigenvalue weighted by Crippen LogP contribution is -2.08. The van der Waals surface area contributed by atoms with Crippen molar-refractivity contribution in [1.82, 2.24) is 0 Å². The highest BCUT2D eigenvalue weighted by Crippen LogP contribution is 2.30. The molecule has 35 heavy (non-hydrogen) atoms. The molecule has 0 bridgehead atoms. The van der Waals surface area contributed by atoms with E-state index in [9.17, 15) is 4.79 Å². The van der Waals surface area contributed by atoms with Crippen LogP contribution in [0.25, 0.3) is 5.57 Å². The molecule has 6 heteroatoms. The van der Waals surface area contributed by atoms with E-state index in [1.54, 1.807) is 20.1 Å². The summed E-state index contributed by atoms with van der Waals surface area (Å²) >= 11 is 0. The van der Waals surface area contributed by atoms with Crippen molar-refractivity contribution >= 4 is 17.3 Å². The van der Waals surface area contributed by atoms with Crippen molar-refractivity contribution in [2.24, 2.45) is 5.16 Å². The third kappa shape index (κ3) is 6.73. The van der Waals surface area contributed by atoms with Gasteiger partial charge in [0.2, 0.25) is 0 Å². The summed E-state index contributed by atoms with van der Waals surface area (Å²) in [6.07, 6.45) is 1.74. The number of benzene rings is 3. The zero-order chi connectivity index (χ0) is 25.2. The molecule has 0 heterocycles. The summed E-state index contributed by atoms with van der Waals surface area (Å²) in [5, 5.41) is 4.27. The second-order valence-electron chi connectivity index (χ2n) is 7.94. The summed E-state index contributed by atoms with van der Waals surface area (Å²) in [6.45, 7) is 6.36. The van der Waals surface area contributed by atoms with Crippen LogP contribution < -0.4 is 9.47 Å². The molecule has 0 unspecified atom stereocenters. The number of allylic oxidation sites excluding steroid dienone is 1. The Morgan fingerprint density at radius 2 is 1.69 bits per heavy atom. The highest BCUT2D eigenvalue weighted by Gasteiger charge is 2.16.